The smallest absolute Gasteiger partial charge is 0.255 e. The zero-order valence-electron chi connectivity index (χ0n) is 20.7. The molecule has 3 aliphatic heterocycles. The standard InChI is InChI=1S/C26H27N3O5/c1-17-5-10-22(25(31)27-17)29-14-21-20(26(29)32)3-2-4-23(21)34-15-19-8-6-18(7-9-19)13-28-11-12-33-16-24(28)30/h2-4,6-9,22H,1,5,10-16H2,(H,27,31)/i15D2. The Labute approximate surface area is 200 Å². The van der Waals surface area contributed by atoms with Gasteiger partial charge in [0.25, 0.3) is 5.91 Å². The summed E-state index contributed by atoms with van der Waals surface area (Å²) in [5.74, 6) is -0.340. The first kappa shape index (κ1) is 19.8. The largest absolute Gasteiger partial charge is 0.489 e. The Morgan fingerprint density at radius 1 is 1.15 bits per heavy atom. The Bertz CT molecular complexity index is 1230. The first-order valence-corrected chi connectivity index (χ1v) is 11.3. The molecular weight excluding hydrogens is 434 g/mol. The van der Waals surface area contributed by atoms with Gasteiger partial charge in [-0.3, -0.25) is 14.4 Å². The van der Waals surface area contributed by atoms with Gasteiger partial charge in [-0.25, -0.2) is 0 Å². The zero-order valence-corrected chi connectivity index (χ0v) is 18.7. The van der Waals surface area contributed by atoms with E-state index in [0.29, 0.717) is 54.9 Å². The van der Waals surface area contributed by atoms with E-state index in [4.69, 9.17) is 12.2 Å². The summed E-state index contributed by atoms with van der Waals surface area (Å²) in [6.45, 7) is 3.32. The van der Waals surface area contributed by atoms with Crippen LogP contribution < -0.4 is 10.1 Å². The molecule has 0 bridgehead atoms. The molecule has 0 radical (unpaired) electrons. The number of allylic oxidation sites excluding steroid dienone is 1. The average molecular weight is 464 g/mol. The normalized spacial score (nSPS) is 21.7. The van der Waals surface area contributed by atoms with Crippen LogP contribution in [-0.4, -0.2) is 53.3 Å². The summed E-state index contributed by atoms with van der Waals surface area (Å²) < 4.78 is 28.1. The van der Waals surface area contributed by atoms with Gasteiger partial charge in [0, 0.05) is 29.9 Å². The van der Waals surface area contributed by atoms with E-state index in [0.717, 1.165) is 5.56 Å². The van der Waals surface area contributed by atoms with Crippen molar-refractivity contribution in [1.82, 2.24) is 15.1 Å². The molecule has 2 fully saturated rings. The minimum absolute atomic E-state index is 0.0684. The highest BCUT2D eigenvalue weighted by Gasteiger charge is 2.39. The van der Waals surface area contributed by atoms with E-state index < -0.39 is 12.6 Å². The maximum absolute atomic E-state index is 13.1. The van der Waals surface area contributed by atoms with E-state index in [1.54, 1.807) is 47.4 Å². The lowest BCUT2D eigenvalue weighted by atomic mass is 10.0. The number of rotatable bonds is 6. The molecule has 1 N–H and O–H groups in total. The van der Waals surface area contributed by atoms with Gasteiger partial charge in [-0.05, 0) is 36.1 Å². The highest BCUT2D eigenvalue weighted by molar-refractivity contribution is 6.02. The molecule has 3 heterocycles. The van der Waals surface area contributed by atoms with Crippen molar-refractivity contribution in [3.63, 3.8) is 0 Å². The fourth-order valence-electron chi connectivity index (χ4n) is 4.46. The fraction of sp³-hybridized carbons (Fsp3) is 0.346. The van der Waals surface area contributed by atoms with Gasteiger partial charge < -0.3 is 24.6 Å². The molecule has 8 nitrogen and oxygen atoms in total. The molecule has 1 unspecified atom stereocenters. The predicted molar refractivity (Wildman–Crippen MR) is 124 cm³/mol. The van der Waals surface area contributed by atoms with Crippen LogP contribution in [0.15, 0.2) is 54.7 Å². The molecular formula is C26H27N3O5. The van der Waals surface area contributed by atoms with Crippen molar-refractivity contribution >= 4 is 17.7 Å². The van der Waals surface area contributed by atoms with Gasteiger partial charge in [0.15, 0.2) is 0 Å². The van der Waals surface area contributed by atoms with Crippen molar-refractivity contribution in [2.45, 2.75) is 38.5 Å². The molecule has 3 aliphatic rings. The molecule has 1 atom stereocenters. The van der Waals surface area contributed by atoms with Crippen molar-refractivity contribution in [2.24, 2.45) is 0 Å². The van der Waals surface area contributed by atoms with E-state index in [9.17, 15) is 14.4 Å². The number of hydrogen-bond acceptors (Lipinski definition) is 5. The average Bonchev–Trinajstić information content (AvgIpc) is 3.18. The molecule has 2 aromatic rings. The van der Waals surface area contributed by atoms with Crippen LogP contribution in [0.25, 0.3) is 0 Å². The number of nitrogens with one attached hydrogen (secondary N) is 1. The summed E-state index contributed by atoms with van der Waals surface area (Å²) in [6, 6.07) is 11.2. The van der Waals surface area contributed by atoms with Crippen molar-refractivity contribution in [2.75, 3.05) is 19.8 Å². The first-order valence-electron chi connectivity index (χ1n) is 12.3. The van der Waals surface area contributed by atoms with Gasteiger partial charge in [0.2, 0.25) is 11.8 Å². The van der Waals surface area contributed by atoms with Gasteiger partial charge in [-0.1, -0.05) is 36.9 Å². The van der Waals surface area contributed by atoms with Crippen LogP contribution in [0, 0.1) is 0 Å². The van der Waals surface area contributed by atoms with E-state index in [1.165, 1.54) is 4.90 Å². The Balaban J connectivity index is 1.31. The molecule has 2 saturated heterocycles. The molecule has 8 heteroatoms. The molecule has 5 rings (SSSR count). The molecule has 176 valence electrons. The quantitative estimate of drug-likeness (QED) is 0.711. The molecule has 2 aromatic carbocycles. The highest BCUT2D eigenvalue weighted by atomic mass is 16.5. The highest BCUT2D eigenvalue weighted by Crippen LogP contribution is 2.34. The van der Waals surface area contributed by atoms with Crippen LogP contribution in [0.5, 0.6) is 5.75 Å². The second-order valence-electron chi connectivity index (χ2n) is 8.63. The number of carbonyl (C=O) groups is 3. The molecule has 0 aromatic heterocycles. The summed E-state index contributed by atoms with van der Waals surface area (Å²) in [4.78, 5) is 40.7. The number of hydrogen-bond donors (Lipinski definition) is 1. The number of amides is 3. The number of nitrogens with zero attached hydrogens (tertiary/aromatic N) is 2. The molecule has 34 heavy (non-hydrogen) atoms. The monoisotopic (exact) mass is 463 g/mol. The second kappa shape index (κ2) is 9.30. The lowest BCUT2D eigenvalue weighted by Crippen LogP contribution is -2.49. The SMILES string of the molecule is [2H]C([2H])(Oc1cccc2c1CN(C1CCC(=C)NC1=O)C2=O)c1ccc(CN2CCOCC2=O)cc1. The fourth-order valence-corrected chi connectivity index (χ4v) is 4.46. The third-order valence-electron chi connectivity index (χ3n) is 6.34. The number of ether oxygens (including phenoxy) is 2. The third-order valence-corrected chi connectivity index (χ3v) is 6.34. The van der Waals surface area contributed by atoms with Gasteiger partial charge in [-0.15, -0.1) is 0 Å². The van der Waals surface area contributed by atoms with Gasteiger partial charge in [0.05, 0.1) is 15.9 Å². The molecule has 0 aliphatic carbocycles. The summed E-state index contributed by atoms with van der Waals surface area (Å²) in [7, 11) is 0. The van der Waals surface area contributed by atoms with Crippen LogP contribution >= 0.6 is 0 Å². The Morgan fingerprint density at radius 3 is 2.71 bits per heavy atom. The van der Waals surface area contributed by atoms with Gasteiger partial charge >= 0.3 is 0 Å². The summed E-state index contributed by atoms with van der Waals surface area (Å²) in [6.07, 6.45) is 1.09. The number of carbonyl (C=O) groups excluding carboxylic acids is 3. The maximum atomic E-state index is 13.1. The van der Waals surface area contributed by atoms with Crippen LogP contribution in [0.1, 0.15) is 42.6 Å². The van der Waals surface area contributed by atoms with E-state index in [1.807, 2.05) is 0 Å². The lowest BCUT2D eigenvalue weighted by Gasteiger charge is -2.31. The van der Waals surface area contributed by atoms with Gasteiger partial charge in [0.1, 0.15) is 25.0 Å². The van der Waals surface area contributed by atoms with Gasteiger partial charge in [-0.2, -0.15) is 0 Å². The predicted octanol–water partition coefficient (Wildman–Crippen LogP) is 2.37. The Hall–Kier alpha value is -3.65. The summed E-state index contributed by atoms with van der Waals surface area (Å²) >= 11 is 0. The Kier molecular flexibility index (Phi) is 5.42. The lowest BCUT2D eigenvalue weighted by molar-refractivity contribution is -0.143. The Morgan fingerprint density at radius 2 is 1.94 bits per heavy atom. The van der Waals surface area contributed by atoms with Crippen LogP contribution in [0.2, 0.25) is 0 Å². The van der Waals surface area contributed by atoms with Crippen LogP contribution in [0.4, 0.5) is 0 Å². The van der Waals surface area contributed by atoms with Crippen LogP contribution in [-0.2, 0) is 34.0 Å². The molecule has 3 amide bonds. The van der Waals surface area contributed by atoms with Crippen molar-refractivity contribution < 1.29 is 26.6 Å². The number of morpholine rings is 1. The number of fused-ring (bicyclic) bond motifs is 1. The maximum Gasteiger partial charge on any atom is 0.255 e. The van der Waals surface area contributed by atoms with Crippen LogP contribution in [0.3, 0.4) is 0 Å². The molecule has 0 saturated carbocycles. The van der Waals surface area contributed by atoms with E-state index >= 15 is 0 Å². The van der Waals surface area contributed by atoms with Crippen molar-refractivity contribution in [3.05, 3.63) is 77.0 Å². The summed E-state index contributed by atoms with van der Waals surface area (Å²) in [5, 5.41) is 2.71. The summed E-state index contributed by atoms with van der Waals surface area (Å²) in [5.41, 5.74) is 2.79. The number of benzene rings is 2. The number of piperidine rings is 1. The zero-order chi connectivity index (χ0) is 25.4. The molecule has 0 spiro atoms. The topological polar surface area (TPSA) is 88.2 Å². The second-order valence-corrected chi connectivity index (χ2v) is 8.63. The first-order chi connectivity index (χ1) is 17.2. The van der Waals surface area contributed by atoms with E-state index in [-0.39, 0.29) is 36.6 Å². The minimum Gasteiger partial charge on any atom is -0.489 e. The minimum atomic E-state index is -2.17. The van der Waals surface area contributed by atoms with E-state index in [2.05, 4.69) is 11.9 Å². The van der Waals surface area contributed by atoms with Crippen molar-refractivity contribution in [1.29, 1.82) is 0 Å². The third kappa shape index (κ3) is 4.41. The van der Waals surface area contributed by atoms with Crippen molar-refractivity contribution in [3.8, 4) is 5.75 Å².